The lowest BCUT2D eigenvalue weighted by Crippen LogP contribution is -1.91. The van der Waals surface area contributed by atoms with Crippen molar-refractivity contribution in [3.63, 3.8) is 0 Å². The van der Waals surface area contributed by atoms with Gasteiger partial charge in [0.25, 0.3) is 0 Å². The first-order chi connectivity index (χ1) is 5.93. The molecular formula is C12H21N. The zero-order valence-corrected chi connectivity index (χ0v) is 8.58. The largest absolute Gasteiger partial charge is 0.344 e. The highest BCUT2D eigenvalue weighted by atomic mass is 14.0. The molecule has 0 aromatic rings. The van der Waals surface area contributed by atoms with E-state index in [4.69, 9.17) is 0 Å². The van der Waals surface area contributed by atoms with Crippen LogP contribution in [-0.2, 0) is 0 Å². The highest BCUT2D eigenvalue weighted by Crippen LogP contribution is 2.13. The Morgan fingerprint density at radius 2 is 2.23 bits per heavy atom. The zero-order valence-electron chi connectivity index (χ0n) is 8.58. The molecule has 1 heteroatoms. The Balaban J connectivity index is 0.00000144. The van der Waals surface area contributed by atoms with E-state index in [0.29, 0.717) is 5.92 Å². The molecule has 0 saturated heterocycles. The summed E-state index contributed by atoms with van der Waals surface area (Å²) in [6.07, 6.45) is 18.4. The lowest BCUT2D eigenvalue weighted by Gasteiger charge is -2.06. The Labute approximate surface area is 81.8 Å². The average Bonchev–Trinajstić information content (AvgIpc) is 2.14. The molecule has 1 rings (SSSR count). The minimum absolute atomic E-state index is 0. The van der Waals surface area contributed by atoms with Gasteiger partial charge in [0, 0.05) is 0 Å². The number of unbranched alkanes of at least 4 members (excludes halogenated alkanes) is 2. The van der Waals surface area contributed by atoms with Crippen molar-refractivity contribution in [2.45, 2.75) is 32.6 Å². The van der Waals surface area contributed by atoms with Crippen LogP contribution in [0.2, 0.25) is 0 Å². The third kappa shape index (κ3) is 5.42. The summed E-state index contributed by atoms with van der Waals surface area (Å²) in [5, 5.41) is 0. The van der Waals surface area contributed by atoms with E-state index in [1.807, 2.05) is 0 Å². The highest BCUT2D eigenvalue weighted by Gasteiger charge is 1.98. The molecule has 1 atom stereocenters. The Bertz CT molecular complexity index is 189. The van der Waals surface area contributed by atoms with Crippen molar-refractivity contribution in [2.24, 2.45) is 5.92 Å². The molecule has 74 valence electrons. The Morgan fingerprint density at radius 3 is 2.85 bits per heavy atom. The van der Waals surface area contributed by atoms with Crippen LogP contribution in [0.15, 0.2) is 36.5 Å². The summed E-state index contributed by atoms with van der Waals surface area (Å²) < 4.78 is 0. The van der Waals surface area contributed by atoms with E-state index in [1.54, 1.807) is 0 Å². The van der Waals surface area contributed by atoms with Crippen molar-refractivity contribution in [3.8, 4) is 0 Å². The van der Waals surface area contributed by atoms with Gasteiger partial charge >= 0.3 is 0 Å². The molecule has 0 heterocycles. The first-order valence-electron chi connectivity index (χ1n) is 4.93. The van der Waals surface area contributed by atoms with Crippen molar-refractivity contribution in [1.29, 1.82) is 0 Å². The Morgan fingerprint density at radius 1 is 1.38 bits per heavy atom. The summed E-state index contributed by atoms with van der Waals surface area (Å²) >= 11 is 0. The van der Waals surface area contributed by atoms with E-state index in [-0.39, 0.29) is 6.15 Å². The predicted molar refractivity (Wildman–Crippen MR) is 60.1 cm³/mol. The quantitative estimate of drug-likeness (QED) is 0.513. The Hall–Kier alpha value is -0.820. The lowest BCUT2D eigenvalue weighted by atomic mass is 10.00. The lowest BCUT2D eigenvalue weighted by molar-refractivity contribution is 0.786. The van der Waals surface area contributed by atoms with Crippen LogP contribution in [0, 0.1) is 5.92 Å². The highest BCUT2D eigenvalue weighted by molar-refractivity contribution is 5.15. The van der Waals surface area contributed by atoms with E-state index in [9.17, 15) is 0 Å². The van der Waals surface area contributed by atoms with Gasteiger partial charge < -0.3 is 6.15 Å². The van der Waals surface area contributed by atoms with Gasteiger partial charge in [0.2, 0.25) is 0 Å². The van der Waals surface area contributed by atoms with Gasteiger partial charge in [0.15, 0.2) is 0 Å². The second-order valence-electron chi connectivity index (χ2n) is 3.28. The standard InChI is InChI=1S/C12H18.H3N/c1-2-3-4-6-9-12-10-7-5-8-11-12;/h5-10,12H,2-4,11H2,1H3;1H3/b9-6-;. The van der Waals surface area contributed by atoms with Crippen LogP contribution in [0.5, 0.6) is 0 Å². The third-order valence-electron chi connectivity index (χ3n) is 2.12. The molecule has 0 aromatic carbocycles. The van der Waals surface area contributed by atoms with Crippen molar-refractivity contribution in [2.75, 3.05) is 0 Å². The van der Waals surface area contributed by atoms with Crippen LogP contribution in [-0.4, -0.2) is 0 Å². The summed E-state index contributed by atoms with van der Waals surface area (Å²) in [5.41, 5.74) is 0. The SMILES string of the molecule is CCCC/C=C\C1C=CC=CC1.N. The molecule has 1 unspecified atom stereocenters. The summed E-state index contributed by atoms with van der Waals surface area (Å²) in [6, 6.07) is 0. The van der Waals surface area contributed by atoms with Gasteiger partial charge in [0.05, 0.1) is 0 Å². The summed E-state index contributed by atoms with van der Waals surface area (Å²) in [7, 11) is 0. The molecule has 0 saturated carbocycles. The average molecular weight is 179 g/mol. The van der Waals surface area contributed by atoms with Crippen LogP contribution in [0.1, 0.15) is 32.6 Å². The second-order valence-corrected chi connectivity index (χ2v) is 3.28. The van der Waals surface area contributed by atoms with E-state index < -0.39 is 0 Å². The summed E-state index contributed by atoms with van der Waals surface area (Å²) in [6.45, 7) is 2.23. The first-order valence-corrected chi connectivity index (χ1v) is 4.93. The van der Waals surface area contributed by atoms with Crippen molar-refractivity contribution >= 4 is 0 Å². The van der Waals surface area contributed by atoms with E-state index in [2.05, 4.69) is 43.4 Å². The van der Waals surface area contributed by atoms with Gasteiger partial charge in [-0.3, -0.25) is 0 Å². The minimum atomic E-state index is 0. The molecule has 1 aliphatic rings. The fourth-order valence-electron chi connectivity index (χ4n) is 1.34. The van der Waals surface area contributed by atoms with Gasteiger partial charge in [-0.15, -0.1) is 0 Å². The molecule has 0 amide bonds. The van der Waals surface area contributed by atoms with E-state index in [1.165, 1.54) is 25.7 Å². The molecule has 0 spiro atoms. The number of allylic oxidation sites excluding steroid dienone is 6. The van der Waals surface area contributed by atoms with Crippen LogP contribution in [0.25, 0.3) is 0 Å². The molecule has 0 radical (unpaired) electrons. The molecule has 0 fully saturated rings. The summed E-state index contributed by atoms with van der Waals surface area (Å²) in [5.74, 6) is 0.659. The van der Waals surface area contributed by atoms with Gasteiger partial charge in [-0.25, -0.2) is 0 Å². The molecule has 0 aromatic heterocycles. The predicted octanol–water partition coefficient (Wildman–Crippen LogP) is 4.03. The maximum absolute atomic E-state index is 2.33. The Kier molecular flexibility index (Phi) is 7.32. The molecule has 1 nitrogen and oxygen atoms in total. The van der Waals surface area contributed by atoms with Crippen molar-refractivity contribution in [1.82, 2.24) is 6.15 Å². The number of hydrogen-bond acceptors (Lipinski definition) is 1. The minimum Gasteiger partial charge on any atom is -0.344 e. The monoisotopic (exact) mass is 179 g/mol. The smallest absolute Gasteiger partial charge is 0.00157 e. The number of rotatable bonds is 4. The molecule has 1 aliphatic carbocycles. The van der Waals surface area contributed by atoms with Crippen LogP contribution in [0.3, 0.4) is 0 Å². The van der Waals surface area contributed by atoms with Crippen LogP contribution >= 0.6 is 0 Å². The topological polar surface area (TPSA) is 35.0 Å². The fraction of sp³-hybridized carbons (Fsp3) is 0.500. The third-order valence-corrected chi connectivity index (χ3v) is 2.12. The van der Waals surface area contributed by atoms with Crippen molar-refractivity contribution < 1.29 is 0 Å². The molecule has 0 aliphatic heterocycles. The maximum Gasteiger partial charge on any atom is -0.00157 e. The summed E-state index contributed by atoms with van der Waals surface area (Å²) in [4.78, 5) is 0. The molecule has 13 heavy (non-hydrogen) atoms. The second kappa shape index (κ2) is 7.81. The van der Waals surface area contributed by atoms with Gasteiger partial charge in [-0.2, -0.15) is 0 Å². The van der Waals surface area contributed by atoms with Crippen LogP contribution < -0.4 is 6.15 Å². The van der Waals surface area contributed by atoms with Gasteiger partial charge in [-0.1, -0.05) is 56.2 Å². The molecule has 3 N–H and O–H groups in total. The van der Waals surface area contributed by atoms with Gasteiger partial charge in [0.1, 0.15) is 0 Å². The zero-order chi connectivity index (χ0) is 8.65. The molecule has 0 bridgehead atoms. The van der Waals surface area contributed by atoms with Gasteiger partial charge in [-0.05, 0) is 18.8 Å². The van der Waals surface area contributed by atoms with E-state index in [0.717, 1.165) is 0 Å². The molecular weight excluding hydrogens is 158 g/mol. The maximum atomic E-state index is 2.33. The number of hydrogen-bond donors (Lipinski definition) is 1. The normalized spacial score (nSPS) is 20.5. The van der Waals surface area contributed by atoms with E-state index >= 15 is 0 Å². The van der Waals surface area contributed by atoms with Crippen molar-refractivity contribution in [3.05, 3.63) is 36.5 Å². The fourth-order valence-corrected chi connectivity index (χ4v) is 1.34. The van der Waals surface area contributed by atoms with Crippen LogP contribution in [0.4, 0.5) is 0 Å². The first kappa shape index (κ1) is 12.2.